The summed E-state index contributed by atoms with van der Waals surface area (Å²) < 4.78 is 4.98. The van der Waals surface area contributed by atoms with Crippen LogP contribution in [-0.4, -0.2) is 33.0 Å². The summed E-state index contributed by atoms with van der Waals surface area (Å²) in [4.78, 5) is 30.2. The first-order valence-corrected chi connectivity index (χ1v) is 15.0. The van der Waals surface area contributed by atoms with Crippen LogP contribution in [-0.2, 0) is 27.8 Å². The summed E-state index contributed by atoms with van der Waals surface area (Å²) in [6, 6.07) is 17.1. The molecular weight excluding hydrogens is 532 g/mol. The lowest BCUT2D eigenvalue weighted by atomic mass is 9.85. The van der Waals surface area contributed by atoms with Crippen LogP contribution in [0.25, 0.3) is 44.3 Å². The molecular formula is C37H40N4O2. The zero-order chi connectivity index (χ0) is 30.6. The van der Waals surface area contributed by atoms with Gasteiger partial charge in [-0.25, -0.2) is 4.98 Å². The number of esters is 1. The highest BCUT2D eigenvalue weighted by Gasteiger charge is 2.32. The SMILES string of the molecule is COC(=O)CCc1c(C)c2cc3[nH]c(cc4nc(c(-c5ccccc5)c5nc(cc1[nH]2)C(C)=C5C)CC4(C)C)c(C)c3C. The first-order valence-electron chi connectivity index (χ1n) is 15.0. The van der Waals surface area contributed by atoms with Crippen molar-refractivity contribution in [2.75, 3.05) is 7.11 Å². The first kappa shape index (κ1) is 28.7. The number of fused-ring (bicyclic) bond motifs is 8. The number of aryl methyl sites for hydroxylation is 4. The molecule has 0 saturated heterocycles. The largest absolute Gasteiger partial charge is 0.469 e. The lowest BCUT2D eigenvalue weighted by Gasteiger charge is -2.17. The molecule has 0 saturated carbocycles. The van der Waals surface area contributed by atoms with Gasteiger partial charge in [0.2, 0.25) is 0 Å². The highest BCUT2D eigenvalue weighted by molar-refractivity contribution is 5.96. The van der Waals surface area contributed by atoms with E-state index in [1.54, 1.807) is 0 Å². The topological polar surface area (TPSA) is 83.7 Å². The van der Waals surface area contributed by atoms with Crippen molar-refractivity contribution in [3.05, 3.63) is 93.6 Å². The highest BCUT2D eigenvalue weighted by Crippen LogP contribution is 2.41. The first-order chi connectivity index (χ1) is 20.5. The smallest absolute Gasteiger partial charge is 0.305 e. The van der Waals surface area contributed by atoms with E-state index in [9.17, 15) is 4.79 Å². The quantitative estimate of drug-likeness (QED) is 0.240. The Labute approximate surface area is 253 Å². The lowest BCUT2D eigenvalue weighted by molar-refractivity contribution is -0.140. The molecule has 8 bridgehead atoms. The zero-order valence-corrected chi connectivity index (χ0v) is 26.5. The van der Waals surface area contributed by atoms with Gasteiger partial charge < -0.3 is 14.7 Å². The van der Waals surface area contributed by atoms with E-state index >= 15 is 0 Å². The molecule has 0 unspecified atom stereocenters. The van der Waals surface area contributed by atoms with Gasteiger partial charge in [0.25, 0.3) is 0 Å². The summed E-state index contributed by atoms with van der Waals surface area (Å²) in [6.45, 7) is 15.3. The minimum absolute atomic E-state index is 0.137. The fourth-order valence-electron chi connectivity index (χ4n) is 6.34. The summed E-state index contributed by atoms with van der Waals surface area (Å²) >= 11 is 0. The normalized spacial score (nSPS) is 14.3. The van der Waals surface area contributed by atoms with Crippen LogP contribution >= 0.6 is 0 Å². The Kier molecular flexibility index (Phi) is 7.11. The second kappa shape index (κ2) is 10.7. The third-order valence-corrected chi connectivity index (χ3v) is 9.43. The molecule has 0 spiro atoms. The van der Waals surface area contributed by atoms with E-state index in [0.717, 1.165) is 84.7 Å². The van der Waals surface area contributed by atoms with Crippen LogP contribution in [0.2, 0.25) is 0 Å². The lowest BCUT2D eigenvalue weighted by Crippen LogP contribution is -2.15. The van der Waals surface area contributed by atoms with Crippen LogP contribution in [0.15, 0.2) is 48.5 Å². The Hall–Kier alpha value is -4.45. The van der Waals surface area contributed by atoms with Crippen molar-refractivity contribution in [2.45, 2.75) is 73.1 Å². The maximum absolute atomic E-state index is 12.2. The average Bonchev–Trinajstić information content (AvgIpc) is 3.63. The molecule has 2 aliphatic rings. The molecule has 220 valence electrons. The van der Waals surface area contributed by atoms with Crippen LogP contribution in [0.5, 0.6) is 0 Å². The molecule has 0 aliphatic carbocycles. The Morgan fingerprint density at radius 1 is 0.837 bits per heavy atom. The van der Waals surface area contributed by atoms with E-state index in [4.69, 9.17) is 14.7 Å². The number of nitrogens with zero attached hydrogens (tertiary/aromatic N) is 2. The molecule has 0 fully saturated rings. The van der Waals surface area contributed by atoms with Gasteiger partial charge >= 0.3 is 5.97 Å². The number of carbonyl (C=O) groups excluding carboxylic acids is 1. The number of hydrogen-bond donors (Lipinski definition) is 2. The summed E-state index contributed by atoms with van der Waals surface area (Å²) in [5, 5.41) is 0. The zero-order valence-electron chi connectivity index (χ0n) is 26.5. The number of aromatic nitrogens is 4. The van der Waals surface area contributed by atoms with Gasteiger partial charge in [-0.15, -0.1) is 0 Å². The third-order valence-electron chi connectivity index (χ3n) is 9.43. The number of H-pyrrole nitrogens is 2. The van der Waals surface area contributed by atoms with Crippen LogP contribution in [0.1, 0.15) is 79.1 Å². The van der Waals surface area contributed by atoms with Gasteiger partial charge in [-0.05, 0) is 98.2 Å². The molecule has 0 amide bonds. The number of carbonyl (C=O) groups is 1. The molecule has 0 atom stereocenters. The number of benzene rings is 1. The minimum atomic E-state index is -0.217. The summed E-state index contributed by atoms with van der Waals surface area (Å²) in [6.07, 6.45) is 1.71. The molecule has 2 aliphatic heterocycles. The standard InChI is InChI=1S/C37H40N4O2/c1-20-21(2)30-18-33-37(6,7)19-32(40-33)35(25-12-10-9-11-13-25)36-23(4)22(3)28(41-36)17-31-26(14-15-34(42)43-8)24(5)29(39-31)16-27(20)38-30/h9-13,16-18,38-39H,14-15,19H2,1-8H3. The van der Waals surface area contributed by atoms with Crippen molar-refractivity contribution in [3.8, 4) is 11.1 Å². The van der Waals surface area contributed by atoms with Crippen LogP contribution in [0, 0.1) is 20.8 Å². The van der Waals surface area contributed by atoms with Crippen molar-refractivity contribution in [1.82, 2.24) is 19.9 Å². The molecule has 6 nitrogen and oxygen atoms in total. The second-order valence-corrected chi connectivity index (χ2v) is 12.6. The number of allylic oxidation sites excluding steroid dienone is 2. The second-order valence-electron chi connectivity index (χ2n) is 12.6. The van der Waals surface area contributed by atoms with Gasteiger partial charge in [-0.1, -0.05) is 44.2 Å². The van der Waals surface area contributed by atoms with Crippen LogP contribution < -0.4 is 0 Å². The molecule has 0 radical (unpaired) electrons. The summed E-state index contributed by atoms with van der Waals surface area (Å²) in [5.41, 5.74) is 17.1. The van der Waals surface area contributed by atoms with Gasteiger partial charge in [-0.2, -0.15) is 0 Å². The number of aromatic amines is 2. The van der Waals surface area contributed by atoms with Crippen molar-refractivity contribution in [3.63, 3.8) is 0 Å². The van der Waals surface area contributed by atoms with Gasteiger partial charge in [-0.3, -0.25) is 9.78 Å². The van der Waals surface area contributed by atoms with E-state index in [2.05, 4.69) is 101 Å². The highest BCUT2D eigenvalue weighted by atomic mass is 16.5. The fourth-order valence-corrected chi connectivity index (χ4v) is 6.34. The number of methoxy groups -OCH3 is 1. The minimum Gasteiger partial charge on any atom is -0.469 e. The molecule has 5 heterocycles. The van der Waals surface area contributed by atoms with E-state index in [-0.39, 0.29) is 11.4 Å². The monoisotopic (exact) mass is 572 g/mol. The van der Waals surface area contributed by atoms with Gasteiger partial charge in [0, 0.05) is 51.6 Å². The average molecular weight is 573 g/mol. The summed E-state index contributed by atoms with van der Waals surface area (Å²) in [7, 11) is 1.44. The number of ether oxygens (including phenoxy) is 1. The van der Waals surface area contributed by atoms with Crippen molar-refractivity contribution in [2.24, 2.45) is 0 Å². The maximum atomic E-state index is 12.2. The third kappa shape index (κ3) is 4.99. The number of nitrogens with one attached hydrogen (secondary N) is 2. The van der Waals surface area contributed by atoms with Crippen molar-refractivity contribution in [1.29, 1.82) is 0 Å². The molecule has 1 aromatic carbocycles. The van der Waals surface area contributed by atoms with Crippen molar-refractivity contribution >= 4 is 39.2 Å². The van der Waals surface area contributed by atoms with Crippen LogP contribution in [0.4, 0.5) is 0 Å². The Bertz CT molecular complexity index is 1970. The van der Waals surface area contributed by atoms with Crippen LogP contribution in [0.3, 0.4) is 0 Å². The Morgan fingerprint density at radius 2 is 1.49 bits per heavy atom. The molecule has 4 aromatic rings. The number of hydrogen-bond acceptors (Lipinski definition) is 4. The van der Waals surface area contributed by atoms with Crippen molar-refractivity contribution < 1.29 is 9.53 Å². The predicted octanol–water partition coefficient (Wildman–Crippen LogP) is 8.48. The molecule has 43 heavy (non-hydrogen) atoms. The molecule has 6 heteroatoms. The maximum Gasteiger partial charge on any atom is 0.305 e. The van der Waals surface area contributed by atoms with E-state index in [1.807, 2.05) is 6.07 Å². The fraction of sp³-hybridized carbons (Fsp3) is 0.324. The van der Waals surface area contributed by atoms with E-state index < -0.39 is 0 Å². The molecule has 3 aromatic heterocycles. The number of rotatable bonds is 4. The Morgan fingerprint density at radius 3 is 2.19 bits per heavy atom. The molecule has 2 N–H and O–H groups in total. The van der Waals surface area contributed by atoms with Gasteiger partial charge in [0.15, 0.2) is 0 Å². The van der Waals surface area contributed by atoms with Gasteiger partial charge in [0.05, 0.1) is 24.2 Å². The summed E-state index contributed by atoms with van der Waals surface area (Å²) in [5.74, 6) is -0.217. The van der Waals surface area contributed by atoms with E-state index in [1.165, 1.54) is 18.2 Å². The predicted molar refractivity (Wildman–Crippen MR) is 176 cm³/mol. The van der Waals surface area contributed by atoms with E-state index in [0.29, 0.717) is 12.8 Å². The Balaban J connectivity index is 1.79. The molecule has 6 rings (SSSR count). The van der Waals surface area contributed by atoms with Gasteiger partial charge in [0.1, 0.15) is 0 Å².